The lowest BCUT2D eigenvalue weighted by Crippen LogP contribution is -2.55. The summed E-state index contributed by atoms with van der Waals surface area (Å²) in [5.74, 6) is 6.02. The number of aryl methyl sites for hydroxylation is 1. The van der Waals surface area contributed by atoms with Crippen molar-refractivity contribution in [1.29, 1.82) is 0 Å². The largest absolute Gasteiger partial charge is 0.496 e. The summed E-state index contributed by atoms with van der Waals surface area (Å²) in [7, 11) is -1.62. The molecule has 1 aliphatic carbocycles. The average molecular weight is 420 g/mol. The first kappa shape index (κ1) is 21.8. The number of methoxy groups -OCH3 is 1. The van der Waals surface area contributed by atoms with Crippen molar-refractivity contribution >= 4 is 15.8 Å². The molecule has 0 aromatic heterocycles. The van der Waals surface area contributed by atoms with E-state index in [-0.39, 0.29) is 23.4 Å². The smallest absolute Gasteiger partial charge is 0.213 e. The summed E-state index contributed by atoms with van der Waals surface area (Å²) in [5.41, 5.74) is 2.42. The highest BCUT2D eigenvalue weighted by atomic mass is 32.2. The Labute approximate surface area is 173 Å². The fourth-order valence-electron chi connectivity index (χ4n) is 4.57. The van der Waals surface area contributed by atoms with E-state index in [2.05, 4.69) is 11.8 Å². The van der Waals surface area contributed by atoms with Gasteiger partial charge < -0.3 is 9.84 Å². The number of aliphatic hydroxyl groups excluding tert-OH is 1. The Morgan fingerprint density at radius 1 is 1.28 bits per heavy atom. The number of ether oxygens (including phenoxy) is 1. The number of aliphatic hydroxyl groups is 1. The van der Waals surface area contributed by atoms with Crippen LogP contribution in [0.4, 0.5) is 0 Å². The third-order valence-corrected chi connectivity index (χ3v) is 8.00. The Hall–Kier alpha value is -1.88. The van der Waals surface area contributed by atoms with Gasteiger partial charge in [0.1, 0.15) is 11.5 Å². The molecule has 3 atom stereocenters. The molecule has 3 unspecified atom stereocenters. The lowest BCUT2D eigenvalue weighted by Gasteiger charge is -2.45. The van der Waals surface area contributed by atoms with Crippen LogP contribution in [0.1, 0.15) is 49.3 Å². The summed E-state index contributed by atoms with van der Waals surface area (Å²) in [6.07, 6.45) is 0.0277. The normalized spacial score (nSPS) is 25.8. The molecule has 3 rings (SSSR count). The molecule has 2 aliphatic rings. The van der Waals surface area contributed by atoms with Crippen molar-refractivity contribution in [2.24, 2.45) is 11.8 Å². The van der Waals surface area contributed by atoms with E-state index < -0.39 is 22.0 Å². The molecular weight excluding hydrogens is 390 g/mol. The summed E-state index contributed by atoms with van der Waals surface area (Å²) >= 11 is 0. The highest BCUT2D eigenvalue weighted by Crippen LogP contribution is 2.43. The maximum absolute atomic E-state index is 13.1. The number of carbonyl (C=O) groups excluding carboxylic acids is 1. The minimum Gasteiger partial charge on any atom is -0.496 e. The molecule has 1 aromatic carbocycles. The Bertz CT molecular complexity index is 953. The SMILES string of the molecule is CC#Cc1cc(C)c(C2C(=O)CC(C3CN(S(=O)(=O)CC)C3)CC2O)c(OC)c1. The maximum Gasteiger partial charge on any atom is 0.213 e. The molecule has 1 aliphatic heterocycles. The predicted octanol–water partition coefficient (Wildman–Crippen LogP) is 2.08. The second-order valence-corrected chi connectivity index (χ2v) is 10.2. The topological polar surface area (TPSA) is 83.9 Å². The van der Waals surface area contributed by atoms with Crippen LogP contribution in [0.2, 0.25) is 0 Å². The van der Waals surface area contributed by atoms with Gasteiger partial charge >= 0.3 is 0 Å². The fourth-order valence-corrected chi connectivity index (χ4v) is 5.77. The van der Waals surface area contributed by atoms with Gasteiger partial charge in [-0.2, -0.15) is 0 Å². The second kappa shape index (κ2) is 8.47. The third kappa shape index (κ3) is 4.20. The van der Waals surface area contributed by atoms with Crippen LogP contribution in [0.15, 0.2) is 12.1 Å². The molecule has 7 heteroatoms. The van der Waals surface area contributed by atoms with E-state index in [1.807, 2.05) is 19.1 Å². The van der Waals surface area contributed by atoms with Gasteiger partial charge in [-0.25, -0.2) is 12.7 Å². The first-order valence-electron chi connectivity index (χ1n) is 10.0. The number of nitrogens with zero attached hydrogens (tertiary/aromatic N) is 1. The van der Waals surface area contributed by atoms with Crippen molar-refractivity contribution in [3.63, 3.8) is 0 Å². The van der Waals surface area contributed by atoms with Gasteiger partial charge in [-0.15, -0.1) is 5.92 Å². The summed E-state index contributed by atoms with van der Waals surface area (Å²) < 4.78 is 30.9. The van der Waals surface area contributed by atoms with Crippen LogP contribution in [0, 0.1) is 30.6 Å². The Morgan fingerprint density at radius 2 is 1.97 bits per heavy atom. The van der Waals surface area contributed by atoms with Crippen molar-refractivity contribution in [2.45, 2.75) is 45.6 Å². The van der Waals surface area contributed by atoms with Crippen LogP contribution >= 0.6 is 0 Å². The van der Waals surface area contributed by atoms with Crippen molar-refractivity contribution in [2.75, 3.05) is 26.0 Å². The van der Waals surface area contributed by atoms with E-state index in [4.69, 9.17) is 4.74 Å². The van der Waals surface area contributed by atoms with Gasteiger partial charge in [-0.3, -0.25) is 4.79 Å². The van der Waals surface area contributed by atoms with E-state index in [0.29, 0.717) is 31.7 Å². The molecule has 0 amide bonds. The number of sulfonamides is 1. The zero-order chi connectivity index (χ0) is 21.3. The molecule has 158 valence electrons. The van der Waals surface area contributed by atoms with Gasteiger partial charge in [0.05, 0.1) is 24.9 Å². The number of ketones is 1. The number of rotatable bonds is 5. The van der Waals surface area contributed by atoms with Gasteiger partial charge in [-0.1, -0.05) is 5.92 Å². The molecule has 6 nitrogen and oxygen atoms in total. The standard InChI is InChI=1S/C22H29NO5S/c1-5-7-15-8-14(3)21(20(9-15)28-4)22-18(24)10-16(11-19(22)25)17-12-23(13-17)29(26,27)6-2/h8-9,16-18,22,24H,6,10-13H2,1-4H3. The fraction of sp³-hybridized carbons (Fsp3) is 0.591. The monoisotopic (exact) mass is 419 g/mol. The van der Waals surface area contributed by atoms with E-state index in [9.17, 15) is 18.3 Å². The van der Waals surface area contributed by atoms with Crippen LogP contribution in [-0.2, 0) is 14.8 Å². The Kier molecular flexibility index (Phi) is 6.37. The molecule has 29 heavy (non-hydrogen) atoms. The van der Waals surface area contributed by atoms with Crippen molar-refractivity contribution in [3.05, 3.63) is 28.8 Å². The molecule has 0 spiro atoms. The molecular formula is C22H29NO5S. The highest BCUT2D eigenvalue weighted by molar-refractivity contribution is 7.89. The van der Waals surface area contributed by atoms with Crippen LogP contribution in [0.25, 0.3) is 0 Å². The number of carbonyl (C=O) groups is 1. The van der Waals surface area contributed by atoms with Crippen molar-refractivity contribution < 1.29 is 23.1 Å². The maximum atomic E-state index is 13.1. The van der Waals surface area contributed by atoms with E-state index >= 15 is 0 Å². The molecule has 1 saturated carbocycles. The first-order valence-corrected chi connectivity index (χ1v) is 11.6. The van der Waals surface area contributed by atoms with Gasteiger partial charge in [0.2, 0.25) is 10.0 Å². The molecule has 1 saturated heterocycles. The molecule has 0 radical (unpaired) electrons. The molecule has 1 aromatic rings. The van der Waals surface area contributed by atoms with Gasteiger partial charge in [0.25, 0.3) is 0 Å². The zero-order valence-corrected chi connectivity index (χ0v) is 18.3. The highest BCUT2D eigenvalue weighted by Gasteiger charge is 2.46. The van der Waals surface area contributed by atoms with E-state index in [1.54, 1.807) is 21.0 Å². The second-order valence-electron chi connectivity index (χ2n) is 7.97. The van der Waals surface area contributed by atoms with Crippen LogP contribution < -0.4 is 4.74 Å². The van der Waals surface area contributed by atoms with Gasteiger partial charge in [-0.05, 0) is 56.7 Å². The van der Waals surface area contributed by atoms with Crippen molar-refractivity contribution in [3.8, 4) is 17.6 Å². The third-order valence-electron chi connectivity index (χ3n) is 6.19. The van der Waals surface area contributed by atoms with Crippen LogP contribution in [0.5, 0.6) is 5.75 Å². The van der Waals surface area contributed by atoms with E-state index in [0.717, 1.165) is 16.7 Å². The van der Waals surface area contributed by atoms with Gasteiger partial charge in [0.15, 0.2) is 0 Å². The zero-order valence-electron chi connectivity index (χ0n) is 17.4. The predicted molar refractivity (Wildman–Crippen MR) is 111 cm³/mol. The van der Waals surface area contributed by atoms with Gasteiger partial charge in [0, 0.05) is 30.6 Å². The quantitative estimate of drug-likeness (QED) is 0.739. The number of Topliss-reactive ketones (excluding diaryl/α,β-unsaturated/α-hetero) is 1. The van der Waals surface area contributed by atoms with Crippen LogP contribution in [-0.4, -0.2) is 55.7 Å². The minimum atomic E-state index is -3.18. The summed E-state index contributed by atoms with van der Waals surface area (Å²) in [6, 6.07) is 3.73. The Balaban J connectivity index is 1.78. The lowest BCUT2D eigenvalue weighted by molar-refractivity contribution is -0.129. The van der Waals surface area contributed by atoms with Crippen molar-refractivity contribution in [1.82, 2.24) is 4.31 Å². The number of hydrogen-bond acceptors (Lipinski definition) is 5. The number of hydrogen-bond donors (Lipinski definition) is 1. The summed E-state index contributed by atoms with van der Waals surface area (Å²) in [4.78, 5) is 13.1. The molecule has 1 heterocycles. The number of benzene rings is 1. The van der Waals surface area contributed by atoms with Crippen LogP contribution in [0.3, 0.4) is 0 Å². The van der Waals surface area contributed by atoms with E-state index in [1.165, 1.54) is 4.31 Å². The lowest BCUT2D eigenvalue weighted by atomic mass is 9.69. The first-order chi connectivity index (χ1) is 13.7. The summed E-state index contributed by atoms with van der Waals surface area (Å²) in [5, 5.41) is 10.9. The molecule has 1 N–H and O–H groups in total. The molecule has 2 fully saturated rings. The average Bonchev–Trinajstić information content (AvgIpc) is 2.61. The Morgan fingerprint density at radius 3 is 2.52 bits per heavy atom. The minimum absolute atomic E-state index is 0.00795. The molecule has 0 bridgehead atoms. The summed E-state index contributed by atoms with van der Waals surface area (Å²) in [6.45, 7) is 6.19.